The first-order valence-corrected chi connectivity index (χ1v) is 8.89. The number of para-hydroxylation sites is 1. The van der Waals surface area contributed by atoms with Gasteiger partial charge < -0.3 is 14.5 Å². The van der Waals surface area contributed by atoms with Crippen LogP contribution < -0.4 is 9.64 Å². The van der Waals surface area contributed by atoms with Crippen LogP contribution in [0.1, 0.15) is 6.92 Å². The molecule has 1 aromatic carbocycles. The SMILES string of the molecule is C[C@H](Oc1ccccc1)C(=O)N1CCN(c2ncnc3c2nnn3C)CC1. The molecule has 1 aliphatic heterocycles. The first-order valence-electron chi connectivity index (χ1n) is 8.89. The number of benzene rings is 1. The lowest BCUT2D eigenvalue weighted by molar-refractivity contribution is -0.138. The molecule has 1 fully saturated rings. The number of ether oxygens (including phenoxy) is 1. The van der Waals surface area contributed by atoms with Crippen LogP contribution in [0.15, 0.2) is 36.7 Å². The summed E-state index contributed by atoms with van der Waals surface area (Å²) in [7, 11) is 1.80. The van der Waals surface area contributed by atoms with E-state index in [1.165, 1.54) is 6.33 Å². The summed E-state index contributed by atoms with van der Waals surface area (Å²) in [6.45, 7) is 4.34. The van der Waals surface area contributed by atoms with Crippen molar-refractivity contribution in [1.82, 2.24) is 29.9 Å². The molecule has 1 saturated heterocycles. The minimum atomic E-state index is -0.523. The maximum atomic E-state index is 12.7. The maximum absolute atomic E-state index is 12.7. The Morgan fingerprint density at radius 3 is 2.59 bits per heavy atom. The van der Waals surface area contributed by atoms with Gasteiger partial charge in [-0.1, -0.05) is 23.4 Å². The van der Waals surface area contributed by atoms with Crippen molar-refractivity contribution < 1.29 is 9.53 Å². The summed E-state index contributed by atoms with van der Waals surface area (Å²) in [5.74, 6) is 1.45. The first kappa shape index (κ1) is 17.2. The quantitative estimate of drug-likeness (QED) is 0.676. The van der Waals surface area contributed by atoms with Crippen LogP contribution in [0.5, 0.6) is 5.75 Å². The van der Waals surface area contributed by atoms with Crippen LogP contribution in [0.2, 0.25) is 0 Å². The molecule has 9 heteroatoms. The van der Waals surface area contributed by atoms with Gasteiger partial charge in [-0.25, -0.2) is 14.6 Å². The molecule has 1 aliphatic rings. The van der Waals surface area contributed by atoms with Gasteiger partial charge in [-0.3, -0.25) is 4.79 Å². The van der Waals surface area contributed by atoms with Crippen molar-refractivity contribution in [3.8, 4) is 5.75 Å². The fourth-order valence-electron chi connectivity index (χ4n) is 3.22. The monoisotopic (exact) mass is 367 g/mol. The summed E-state index contributed by atoms with van der Waals surface area (Å²) in [5.41, 5.74) is 1.38. The molecule has 0 radical (unpaired) electrons. The Morgan fingerprint density at radius 1 is 1.11 bits per heavy atom. The van der Waals surface area contributed by atoms with Gasteiger partial charge in [0.1, 0.15) is 12.1 Å². The molecule has 0 N–H and O–H groups in total. The van der Waals surface area contributed by atoms with E-state index in [1.807, 2.05) is 35.2 Å². The maximum Gasteiger partial charge on any atom is 0.263 e. The topological polar surface area (TPSA) is 89.3 Å². The predicted octanol–water partition coefficient (Wildman–Crippen LogP) is 0.874. The van der Waals surface area contributed by atoms with Crippen molar-refractivity contribution in [1.29, 1.82) is 0 Å². The van der Waals surface area contributed by atoms with Crippen LogP contribution in [0.25, 0.3) is 11.2 Å². The van der Waals surface area contributed by atoms with Crippen molar-refractivity contribution in [3.05, 3.63) is 36.7 Å². The third kappa shape index (κ3) is 3.40. The third-order valence-electron chi connectivity index (χ3n) is 4.66. The molecular weight excluding hydrogens is 346 g/mol. The average molecular weight is 367 g/mol. The molecule has 0 aliphatic carbocycles. The van der Waals surface area contributed by atoms with Crippen molar-refractivity contribution in [2.24, 2.45) is 7.05 Å². The minimum absolute atomic E-state index is 0.00848. The van der Waals surface area contributed by atoms with Gasteiger partial charge in [0.05, 0.1) is 0 Å². The van der Waals surface area contributed by atoms with Crippen molar-refractivity contribution in [3.63, 3.8) is 0 Å². The predicted molar refractivity (Wildman–Crippen MR) is 99.4 cm³/mol. The number of fused-ring (bicyclic) bond motifs is 1. The standard InChI is InChI=1S/C18H21N7O2/c1-13(27-14-6-4-3-5-7-14)18(26)25-10-8-24(9-11-25)17-15-16(19-12-20-17)23(2)22-21-15/h3-7,12-13H,8-11H2,1-2H3/t13-/m0/s1. The number of aromatic nitrogens is 5. The molecule has 0 bridgehead atoms. The molecule has 0 unspecified atom stereocenters. The van der Waals surface area contributed by atoms with Gasteiger partial charge in [0, 0.05) is 33.2 Å². The molecule has 3 heterocycles. The highest BCUT2D eigenvalue weighted by molar-refractivity contribution is 5.83. The summed E-state index contributed by atoms with van der Waals surface area (Å²) in [6, 6.07) is 9.40. The van der Waals surface area contributed by atoms with E-state index in [4.69, 9.17) is 4.74 Å². The van der Waals surface area contributed by atoms with Crippen molar-refractivity contribution in [2.45, 2.75) is 13.0 Å². The van der Waals surface area contributed by atoms with Crippen molar-refractivity contribution >= 4 is 22.9 Å². The molecule has 9 nitrogen and oxygen atoms in total. The Balaban J connectivity index is 1.40. The van der Waals surface area contributed by atoms with E-state index in [1.54, 1.807) is 18.7 Å². The Bertz CT molecular complexity index is 935. The summed E-state index contributed by atoms with van der Waals surface area (Å²) in [6.07, 6.45) is 0.999. The van der Waals surface area contributed by atoms with Gasteiger partial charge in [0.15, 0.2) is 23.1 Å². The van der Waals surface area contributed by atoms with Gasteiger partial charge in [-0.15, -0.1) is 5.10 Å². The van der Waals surface area contributed by atoms with E-state index >= 15 is 0 Å². The molecular formula is C18H21N7O2. The lowest BCUT2D eigenvalue weighted by atomic mass is 10.2. The zero-order valence-corrected chi connectivity index (χ0v) is 15.3. The highest BCUT2D eigenvalue weighted by Gasteiger charge is 2.27. The highest BCUT2D eigenvalue weighted by Crippen LogP contribution is 2.21. The van der Waals surface area contributed by atoms with Gasteiger partial charge in [-0.05, 0) is 19.1 Å². The van der Waals surface area contributed by atoms with Crippen LogP contribution in [0.3, 0.4) is 0 Å². The number of amides is 1. The van der Waals surface area contributed by atoms with E-state index < -0.39 is 6.10 Å². The molecule has 4 rings (SSSR count). The number of anilines is 1. The molecule has 0 saturated carbocycles. The average Bonchev–Trinajstić information content (AvgIpc) is 3.09. The minimum Gasteiger partial charge on any atom is -0.481 e. The summed E-state index contributed by atoms with van der Waals surface area (Å²) < 4.78 is 7.38. The molecule has 1 amide bonds. The van der Waals surface area contributed by atoms with Gasteiger partial charge in [0.2, 0.25) is 0 Å². The molecule has 1 atom stereocenters. The lowest BCUT2D eigenvalue weighted by Crippen LogP contribution is -2.52. The Morgan fingerprint density at radius 2 is 1.85 bits per heavy atom. The second-order valence-electron chi connectivity index (χ2n) is 6.47. The largest absolute Gasteiger partial charge is 0.481 e. The lowest BCUT2D eigenvalue weighted by Gasteiger charge is -2.36. The zero-order valence-electron chi connectivity index (χ0n) is 15.3. The molecule has 140 valence electrons. The highest BCUT2D eigenvalue weighted by atomic mass is 16.5. The number of nitrogens with zero attached hydrogens (tertiary/aromatic N) is 7. The Labute approximate surface area is 156 Å². The fourth-order valence-corrected chi connectivity index (χ4v) is 3.22. The number of hydrogen-bond acceptors (Lipinski definition) is 7. The van der Waals surface area contributed by atoms with E-state index in [9.17, 15) is 4.79 Å². The van der Waals surface area contributed by atoms with E-state index in [0.717, 1.165) is 5.82 Å². The third-order valence-corrected chi connectivity index (χ3v) is 4.66. The summed E-state index contributed by atoms with van der Waals surface area (Å²) in [4.78, 5) is 25.2. The zero-order chi connectivity index (χ0) is 18.8. The Kier molecular flexibility index (Phi) is 4.57. The second-order valence-corrected chi connectivity index (χ2v) is 6.47. The Hall–Kier alpha value is -3.23. The first-order chi connectivity index (χ1) is 13.1. The molecule has 3 aromatic rings. The van der Waals surface area contributed by atoms with E-state index in [-0.39, 0.29) is 5.91 Å². The van der Waals surface area contributed by atoms with E-state index in [2.05, 4.69) is 25.2 Å². The number of rotatable bonds is 4. The number of aryl methyl sites for hydroxylation is 1. The fraction of sp³-hybridized carbons (Fsp3) is 0.389. The molecule has 27 heavy (non-hydrogen) atoms. The van der Waals surface area contributed by atoms with Crippen LogP contribution in [0, 0.1) is 0 Å². The molecule has 0 spiro atoms. The van der Waals surface area contributed by atoms with Crippen LogP contribution >= 0.6 is 0 Å². The number of piperazine rings is 1. The van der Waals surface area contributed by atoms with Gasteiger partial charge in [-0.2, -0.15) is 0 Å². The summed E-state index contributed by atoms with van der Waals surface area (Å²) >= 11 is 0. The number of hydrogen-bond donors (Lipinski definition) is 0. The molecule has 2 aromatic heterocycles. The van der Waals surface area contributed by atoms with E-state index in [0.29, 0.717) is 43.1 Å². The number of carbonyl (C=O) groups excluding carboxylic acids is 1. The van der Waals surface area contributed by atoms with Crippen molar-refractivity contribution in [2.75, 3.05) is 31.1 Å². The smallest absolute Gasteiger partial charge is 0.263 e. The second kappa shape index (κ2) is 7.18. The summed E-state index contributed by atoms with van der Waals surface area (Å²) in [5, 5.41) is 8.18. The van der Waals surface area contributed by atoms with Crippen LogP contribution in [0.4, 0.5) is 5.82 Å². The van der Waals surface area contributed by atoms with Crippen LogP contribution in [-0.2, 0) is 11.8 Å². The normalized spacial score (nSPS) is 15.8. The van der Waals surface area contributed by atoms with Crippen LogP contribution in [-0.4, -0.2) is 68.1 Å². The van der Waals surface area contributed by atoms with Gasteiger partial charge >= 0.3 is 0 Å². The van der Waals surface area contributed by atoms with Gasteiger partial charge in [0.25, 0.3) is 5.91 Å². The number of carbonyl (C=O) groups is 1.